The molecule has 0 atom stereocenters. The van der Waals surface area contributed by atoms with Crippen molar-refractivity contribution < 1.29 is 9.90 Å². The molecule has 0 bridgehead atoms. The van der Waals surface area contributed by atoms with Crippen LogP contribution in [0.3, 0.4) is 0 Å². The van der Waals surface area contributed by atoms with Gasteiger partial charge in [-0.15, -0.1) is 5.10 Å². The highest BCUT2D eigenvalue weighted by molar-refractivity contribution is 6.30. The summed E-state index contributed by atoms with van der Waals surface area (Å²) in [5.41, 5.74) is 3.06. The van der Waals surface area contributed by atoms with E-state index in [4.69, 9.17) is 16.7 Å². The molecule has 6 heteroatoms. The average molecular weight is 314 g/mol. The minimum Gasteiger partial charge on any atom is -0.478 e. The van der Waals surface area contributed by atoms with Crippen molar-refractivity contribution in [1.82, 2.24) is 15.0 Å². The normalized spacial score (nSPS) is 10.6. The number of hydrogen-bond acceptors (Lipinski definition) is 3. The summed E-state index contributed by atoms with van der Waals surface area (Å²) < 4.78 is 1.76. The highest BCUT2D eigenvalue weighted by Crippen LogP contribution is 2.21. The zero-order chi connectivity index (χ0) is 15.5. The standard InChI is InChI=1S/C16H12ClN3O2/c17-14-7-5-12(6-8-14)15-9-18-19-20(15)10-11-1-3-13(4-2-11)16(21)22/h1-9H,10H2,(H,21,22). The van der Waals surface area contributed by atoms with Crippen LogP contribution >= 0.6 is 11.6 Å². The lowest BCUT2D eigenvalue weighted by Crippen LogP contribution is -2.04. The van der Waals surface area contributed by atoms with Crippen LogP contribution in [0.1, 0.15) is 15.9 Å². The molecule has 0 aliphatic carbocycles. The van der Waals surface area contributed by atoms with Crippen molar-refractivity contribution in [3.8, 4) is 11.3 Å². The summed E-state index contributed by atoms with van der Waals surface area (Å²) in [4.78, 5) is 10.9. The van der Waals surface area contributed by atoms with E-state index in [1.807, 2.05) is 24.3 Å². The van der Waals surface area contributed by atoms with E-state index in [9.17, 15) is 4.79 Å². The Labute approximate surface area is 131 Å². The molecule has 5 nitrogen and oxygen atoms in total. The Hall–Kier alpha value is -2.66. The summed E-state index contributed by atoms with van der Waals surface area (Å²) in [6.45, 7) is 0.512. The minimum atomic E-state index is -0.936. The van der Waals surface area contributed by atoms with E-state index in [2.05, 4.69) is 10.3 Å². The molecule has 1 aromatic heterocycles. The molecule has 110 valence electrons. The number of benzene rings is 2. The first-order valence-corrected chi connectivity index (χ1v) is 6.98. The molecule has 0 fully saturated rings. The molecule has 0 amide bonds. The van der Waals surface area contributed by atoms with Gasteiger partial charge in [-0.2, -0.15) is 0 Å². The Morgan fingerprint density at radius 3 is 2.41 bits per heavy atom. The molecule has 0 spiro atoms. The van der Waals surface area contributed by atoms with E-state index in [-0.39, 0.29) is 5.56 Å². The first kappa shape index (κ1) is 14.3. The third-order valence-corrected chi connectivity index (χ3v) is 3.54. The summed E-state index contributed by atoms with van der Waals surface area (Å²) in [6, 6.07) is 14.2. The van der Waals surface area contributed by atoms with Gasteiger partial charge < -0.3 is 5.11 Å². The summed E-state index contributed by atoms with van der Waals surface area (Å²) in [7, 11) is 0. The van der Waals surface area contributed by atoms with E-state index in [1.54, 1.807) is 35.1 Å². The van der Waals surface area contributed by atoms with Crippen LogP contribution in [0, 0.1) is 0 Å². The molecule has 2 aromatic carbocycles. The number of carboxylic acids is 1. The van der Waals surface area contributed by atoms with Crippen LogP contribution in [-0.4, -0.2) is 26.1 Å². The molecule has 0 unspecified atom stereocenters. The molecular weight excluding hydrogens is 302 g/mol. The Morgan fingerprint density at radius 2 is 1.77 bits per heavy atom. The molecule has 0 saturated carbocycles. The monoisotopic (exact) mass is 313 g/mol. The fourth-order valence-electron chi connectivity index (χ4n) is 2.14. The number of nitrogens with zero attached hydrogens (tertiary/aromatic N) is 3. The van der Waals surface area contributed by atoms with Gasteiger partial charge in [-0.1, -0.05) is 41.1 Å². The second kappa shape index (κ2) is 5.99. The second-order valence-electron chi connectivity index (χ2n) is 4.79. The van der Waals surface area contributed by atoms with E-state index < -0.39 is 5.97 Å². The third-order valence-electron chi connectivity index (χ3n) is 3.29. The van der Waals surface area contributed by atoms with Gasteiger partial charge in [0.15, 0.2) is 0 Å². The molecule has 22 heavy (non-hydrogen) atoms. The lowest BCUT2D eigenvalue weighted by molar-refractivity contribution is 0.0697. The van der Waals surface area contributed by atoms with Gasteiger partial charge in [0.05, 0.1) is 24.0 Å². The topological polar surface area (TPSA) is 68.0 Å². The van der Waals surface area contributed by atoms with Crippen molar-refractivity contribution in [3.63, 3.8) is 0 Å². The zero-order valence-corrected chi connectivity index (χ0v) is 12.2. The van der Waals surface area contributed by atoms with Crippen LogP contribution in [0.4, 0.5) is 0 Å². The zero-order valence-electron chi connectivity index (χ0n) is 11.5. The van der Waals surface area contributed by atoms with Crippen LogP contribution in [-0.2, 0) is 6.54 Å². The predicted molar refractivity (Wildman–Crippen MR) is 83.0 cm³/mol. The van der Waals surface area contributed by atoms with Crippen molar-refractivity contribution in [2.45, 2.75) is 6.54 Å². The maximum Gasteiger partial charge on any atom is 0.335 e. The maximum atomic E-state index is 10.9. The summed E-state index contributed by atoms with van der Waals surface area (Å²) >= 11 is 5.90. The lowest BCUT2D eigenvalue weighted by Gasteiger charge is -2.07. The van der Waals surface area contributed by atoms with Crippen molar-refractivity contribution in [1.29, 1.82) is 0 Å². The van der Waals surface area contributed by atoms with Crippen LogP contribution in [0.25, 0.3) is 11.3 Å². The van der Waals surface area contributed by atoms with Crippen LogP contribution in [0.2, 0.25) is 5.02 Å². The van der Waals surface area contributed by atoms with Gasteiger partial charge in [-0.05, 0) is 29.8 Å². The Morgan fingerprint density at radius 1 is 1.09 bits per heavy atom. The fourth-order valence-corrected chi connectivity index (χ4v) is 2.27. The van der Waals surface area contributed by atoms with Crippen molar-refractivity contribution in [2.24, 2.45) is 0 Å². The maximum absolute atomic E-state index is 10.9. The predicted octanol–water partition coefficient (Wildman–Crippen LogP) is 3.35. The minimum absolute atomic E-state index is 0.264. The molecular formula is C16H12ClN3O2. The fraction of sp³-hybridized carbons (Fsp3) is 0.0625. The first-order chi connectivity index (χ1) is 10.6. The van der Waals surface area contributed by atoms with Gasteiger partial charge in [-0.3, -0.25) is 0 Å². The SMILES string of the molecule is O=C(O)c1ccc(Cn2nncc2-c2ccc(Cl)cc2)cc1. The van der Waals surface area contributed by atoms with Gasteiger partial charge in [0.1, 0.15) is 0 Å². The van der Waals surface area contributed by atoms with Crippen LogP contribution in [0.5, 0.6) is 0 Å². The van der Waals surface area contributed by atoms with Crippen LogP contribution in [0.15, 0.2) is 54.7 Å². The Bertz CT molecular complexity index is 795. The largest absolute Gasteiger partial charge is 0.478 e. The number of rotatable bonds is 4. The van der Waals surface area contributed by atoms with Crippen molar-refractivity contribution >= 4 is 17.6 Å². The van der Waals surface area contributed by atoms with E-state index in [1.165, 1.54) is 0 Å². The van der Waals surface area contributed by atoms with Gasteiger partial charge in [0.2, 0.25) is 0 Å². The molecule has 3 aromatic rings. The molecule has 0 aliphatic heterocycles. The van der Waals surface area contributed by atoms with E-state index >= 15 is 0 Å². The van der Waals surface area contributed by atoms with Crippen LogP contribution < -0.4 is 0 Å². The first-order valence-electron chi connectivity index (χ1n) is 6.60. The van der Waals surface area contributed by atoms with Crippen molar-refractivity contribution in [3.05, 3.63) is 70.9 Å². The van der Waals surface area contributed by atoms with Gasteiger partial charge in [0.25, 0.3) is 0 Å². The Balaban J connectivity index is 1.86. The lowest BCUT2D eigenvalue weighted by atomic mass is 10.1. The molecule has 3 rings (SSSR count). The number of halogens is 1. The van der Waals surface area contributed by atoms with Crippen molar-refractivity contribution in [2.75, 3.05) is 0 Å². The highest BCUT2D eigenvalue weighted by Gasteiger charge is 2.08. The average Bonchev–Trinajstić information content (AvgIpc) is 2.97. The molecule has 0 saturated heterocycles. The number of aromatic nitrogens is 3. The quantitative estimate of drug-likeness (QED) is 0.802. The molecule has 1 N–H and O–H groups in total. The summed E-state index contributed by atoms with van der Waals surface area (Å²) in [5, 5.41) is 17.6. The summed E-state index contributed by atoms with van der Waals surface area (Å²) in [5.74, 6) is -0.936. The van der Waals surface area contributed by atoms with Gasteiger partial charge in [0, 0.05) is 10.6 Å². The van der Waals surface area contributed by atoms with E-state index in [0.29, 0.717) is 11.6 Å². The number of aromatic carboxylic acids is 1. The third kappa shape index (κ3) is 2.99. The van der Waals surface area contributed by atoms with Gasteiger partial charge >= 0.3 is 5.97 Å². The van der Waals surface area contributed by atoms with E-state index in [0.717, 1.165) is 16.8 Å². The molecule has 0 radical (unpaired) electrons. The number of carboxylic acid groups (broad SMARTS) is 1. The van der Waals surface area contributed by atoms with Gasteiger partial charge in [-0.25, -0.2) is 9.48 Å². The molecule has 0 aliphatic rings. The number of hydrogen-bond donors (Lipinski definition) is 1. The number of carbonyl (C=O) groups is 1. The highest BCUT2D eigenvalue weighted by atomic mass is 35.5. The smallest absolute Gasteiger partial charge is 0.335 e. The molecule has 1 heterocycles. The Kier molecular flexibility index (Phi) is 3.89. The summed E-state index contributed by atoms with van der Waals surface area (Å²) in [6.07, 6.45) is 1.69. The second-order valence-corrected chi connectivity index (χ2v) is 5.22.